The Morgan fingerprint density at radius 1 is 1.37 bits per heavy atom. The Hall–Kier alpha value is -2.02. The Kier molecular flexibility index (Phi) is 3.75. The molecule has 100 valence electrons. The average Bonchev–Trinajstić information content (AvgIpc) is 2.67. The fourth-order valence-corrected chi connectivity index (χ4v) is 2.71. The molecule has 0 bridgehead atoms. The maximum atomic E-state index is 8.82. The summed E-state index contributed by atoms with van der Waals surface area (Å²) in [4.78, 5) is 4.44. The van der Waals surface area contributed by atoms with Crippen LogP contribution in [0.2, 0.25) is 0 Å². The first kappa shape index (κ1) is 13.4. The minimum Gasteiger partial charge on any atom is -0.409 e. The second-order valence-corrected chi connectivity index (χ2v) is 5.15. The average molecular weight is 277 g/mol. The third-order valence-corrected chi connectivity index (χ3v) is 3.64. The van der Waals surface area contributed by atoms with Crippen LogP contribution in [0.5, 0.6) is 0 Å². The van der Waals surface area contributed by atoms with Crippen LogP contribution in [0.3, 0.4) is 0 Å². The highest BCUT2D eigenvalue weighted by Crippen LogP contribution is 2.29. The monoisotopic (exact) mass is 277 g/mol. The molecule has 2 heterocycles. The molecule has 0 aliphatic heterocycles. The van der Waals surface area contributed by atoms with Crippen LogP contribution < -0.4 is 5.73 Å². The maximum absolute atomic E-state index is 8.82. The van der Waals surface area contributed by atoms with E-state index in [1.54, 1.807) is 10.7 Å². The molecular formula is C12H15N5OS. The van der Waals surface area contributed by atoms with E-state index in [1.165, 1.54) is 11.8 Å². The number of hydrogen-bond donors (Lipinski definition) is 2. The van der Waals surface area contributed by atoms with Gasteiger partial charge in [0, 0.05) is 12.7 Å². The lowest BCUT2D eigenvalue weighted by molar-refractivity contribution is 0.318. The molecule has 0 aliphatic carbocycles. The van der Waals surface area contributed by atoms with Crippen LogP contribution >= 0.6 is 11.8 Å². The largest absolute Gasteiger partial charge is 0.409 e. The molecular weight excluding hydrogens is 262 g/mol. The van der Waals surface area contributed by atoms with Gasteiger partial charge in [0.2, 0.25) is 0 Å². The molecule has 0 amide bonds. The zero-order chi connectivity index (χ0) is 14.0. The predicted octanol–water partition coefficient (Wildman–Crippen LogP) is 1.68. The number of aryl methyl sites for hydroxylation is 3. The summed E-state index contributed by atoms with van der Waals surface area (Å²) in [5.74, 6) is 0.0499. The SMILES string of the molecule is Cc1ccc(C(N)=NO)c(Sc2cc(C)nn2C)n1. The van der Waals surface area contributed by atoms with Gasteiger partial charge in [-0.05, 0) is 43.8 Å². The molecule has 0 atom stereocenters. The highest BCUT2D eigenvalue weighted by Gasteiger charge is 2.13. The Morgan fingerprint density at radius 2 is 2.11 bits per heavy atom. The number of amidine groups is 1. The van der Waals surface area contributed by atoms with Crippen molar-refractivity contribution < 1.29 is 5.21 Å². The van der Waals surface area contributed by atoms with Crippen molar-refractivity contribution in [2.45, 2.75) is 23.9 Å². The first-order valence-electron chi connectivity index (χ1n) is 5.65. The van der Waals surface area contributed by atoms with E-state index < -0.39 is 0 Å². The van der Waals surface area contributed by atoms with Gasteiger partial charge in [-0.2, -0.15) is 5.10 Å². The predicted molar refractivity (Wildman–Crippen MR) is 73.6 cm³/mol. The number of hydrogen-bond acceptors (Lipinski definition) is 5. The van der Waals surface area contributed by atoms with Gasteiger partial charge in [0.25, 0.3) is 0 Å². The summed E-state index contributed by atoms with van der Waals surface area (Å²) in [6, 6.07) is 5.58. The van der Waals surface area contributed by atoms with E-state index in [0.29, 0.717) is 10.6 Å². The number of nitrogens with two attached hydrogens (primary N) is 1. The third-order valence-electron chi connectivity index (χ3n) is 2.54. The fourth-order valence-electron chi connectivity index (χ4n) is 1.64. The second-order valence-electron chi connectivity index (χ2n) is 4.14. The Morgan fingerprint density at radius 3 is 2.68 bits per heavy atom. The molecule has 0 fully saturated rings. The highest BCUT2D eigenvalue weighted by molar-refractivity contribution is 7.99. The van der Waals surface area contributed by atoms with E-state index in [9.17, 15) is 0 Å². The molecule has 0 unspecified atom stereocenters. The summed E-state index contributed by atoms with van der Waals surface area (Å²) in [7, 11) is 1.87. The van der Waals surface area contributed by atoms with E-state index in [0.717, 1.165) is 16.4 Å². The van der Waals surface area contributed by atoms with Crippen LogP contribution in [0, 0.1) is 13.8 Å². The first-order chi connectivity index (χ1) is 9.01. The molecule has 19 heavy (non-hydrogen) atoms. The van der Waals surface area contributed by atoms with Gasteiger partial charge < -0.3 is 10.9 Å². The second kappa shape index (κ2) is 5.31. The molecule has 7 heteroatoms. The van der Waals surface area contributed by atoms with Gasteiger partial charge >= 0.3 is 0 Å². The summed E-state index contributed by atoms with van der Waals surface area (Å²) in [5, 5.41) is 17.8. The van der Waals surface area contributed by atoms with Crippen LogP contribution in [-0.4, -0.2) is 25.8 Å². The normalized spacial score (nSPS) is 11.8. The molecule has 0 spiro atoms. The third kappa shape index (κ3) is 2.87. The van der Waals surface area contributed by atoms with Crippen molar-refractivity contribution in [1.29, 1.82) is 0 Å². The summed E-state index contributed by atoms with van der Waals surface area (Å²) in [5.41, 5.74) is 8.08. The number of aromatic nitrogens is 3. The molecule has 0 radical (unpaired) electrons. The molecule has 2 rings (SSSR count). The van der Waals surface area contributed by atoms with Crippen molar-refractivity contribution in [3.63, 3.8) is 0 Å². The number of nitrogens with zero attached hydrogens (tertiary/aromatic N) is 4. The van der Waals surface area contributed by atoms with Gasteiger partial charge in [0.15, 0.2) is 5.84 Å². The Bertz CT molecular complexity index is 635. The Balaban J connectivity index is 2.44. The van der Waals surface area contributed by atoms with Gasteiger partial charge in [-0.25, -0.2) is 4.98 Å². The van der Waals surface area contributed by atoms with Crippen LogP contribution in [0.25, 0.3) is 0 Å². The van der Waals surface area contributed by atoms with Crippen molar-refractivity contribution in [2.24, 2.45) is 17.9 Å². The van der Waals surface area contributed by atoms with Crippen LogP contribution in [-0.2, 0) is 7.05 Å². The van der Waals surface area contributed by atoms with Gasteiger partial charge in [0.05, 0.1) is 11.3 Å². The van der Waals surface area contributed by atoms with E-state index in [2.05, 4.69) is 15.2 Å². The highest BCUT2D eigenvalue weighted by atomic mass is 32.2. The summed E-state index contributed by atoms with van der Waals surface area (Å²) in [6.45, 7) is 3.83. The lowest BCUT2D eigenvalue weighted by atomic mass is 10.2. The Labute approximate surface area is 115 Å². The standard InChI is InChI=1S/C12H15N5OS/c1-7-4-5-9(11(13)16-18)12(14-7)19-10-6-8(2)15-17(10)3/h4-6,18H,1-3H3,(H2,13,16). The van der Waals surface area contributed by atoms with E-state index >= 15 is 0 Å². The van der Waals surface area contributed by atoms with Gasteiger partial charge in [-0.1, -0.05) is 5.16 Å². The molecule has 0 saturated heterocycles. The lowest BCUT2D eigenvalue weighted by Gasteiger charge is -2.07. The fraction of sp³-hybridized carbons (Fsp3) is 0.250. The quantitative estimate of drug-likeness (QED) is 0.385. The topological polar surface area (TPSA) is 89.3 Å². The molecule has 6 nitrogen and oxygen atoms in total. The molecule has 0 saturated carbocycles. The van der Waals surface area contributed by atoms with Gasteiger partial charge in [-0.3, -0.25) is 4.68 Å². The molecule has 2 aromatic heterocycles. The molecule has 2 aromatic rings. The van der Waals surface area contributed by atoms with Crippen LogP contribution in [0.1, 0.15) is 17.0 Å². The summed E-state index contributed by atoms with van der Waals surface area (Å²) >= 11 is 1.44. The molecule has 0 aromatic carbocycles. The number of oxime groups is 1. The van der Waals surface area contributed by atoms with E-state index in [1.807, 2.05) is 33.0 Å². The van der Waals surface area contributed by atoms with Crippen molar-refractivity contribution in [3.8, 4) is 0 Å². The molecule has 3 N–H and O–H groups in total. The minimum atomic E-state index is 0.0499. The van der Waals surface area contributed by atoms with Crippen LogP contribution in [0.15, 0.2) is 33.4 Å². The van der Waals surface area contributed by atoms with E-state index in [4.69, 9.17) is 10.9 Å². The summed E-state index contributed by atoms with van der Waals surface area (Å²) in [6.07, 6.45) is 0. The maximum Gasteiger partial charge on any atom is 0.172 e. The van der Waals surface area contributed by atoms with Crippen LogP contribution in [0.4, 0.5) is 0 Å². The zero-order valence-electron chi connectivity index (χ0n) is 11.0. The van der Waals surface area contributed by atoms with E-state index in [-0.39, 0.29) is 5.84 Å². The van der Waals surface area contributed by atoms with Crippen molar-refractivity contribution in [2.75, 3.05) is 0 Å². The first-order valence-corrected chi connectivity index (χ1v) is 6.47. The smallest absolute Gasteiger partial charge is 0.172 e. The molecule has 0 aliphatic rings. The number of pyridine rings is 1. The number of rotatable bonds is 3. The van der Waals surface area contributed by atoms with Crippen molar-refractivity contribution >= 4 is 17.6 Å². The minimum absolute atomic E-state index is 0.0499. The van der Waals surface area contributed by atoms with Gasteiger partial charge in [0.1, 0.15) is 10.1 Å². The van der Waals surface area contributed by atoms with Crippen molar-refractivity contribution in [1.82, 2.24) is 14.8 Å². The lowest BCUT2D eigenvalue weighted by Crippen LogP contribution is -2.15. The summed E-state index contributed by atoms with van der Waals surface area (Å²) < 4.78 is 1.78. The van der Waals surface area contributed by atoms with Gasteiger partial charge in [-0.15, -0.1) is 0 Å². The zero-order valence-corrected chi connectivity index (χ0v) is 11.8. The van der Waals surface area contributed by atoms with Crippen molar-refractivity contribution in [3.05, 3.63) is 35.2 Å².